The maximum Gasteiger partial charge on any atom is 0.151 e. The minimum Gasteiger partial charge on any atom is -0.492 e. The number of likely N-dealkylation sites (tertiary alicyclic amines) is 1. The van der Waals surface area contributed by atoms with Crippen LogP contribution in [-0.4, -0.2) is 44.1 Å². The van der Waals surface area contributed by atoms with E-state index in [9.17, 15) is 13.6 Å². The zero-order chi connectivity index (χ0) is 25.2. The second-order valence-corrected chi connectivity index (χ2v) is 9.64. The summed E-state index contributed by atoms with van der Waals surface area (Å²) in [5, 5.41) is 0.323. The highest BCUT2D eigenvalue weighted by Gasteiger charge is 2.30. The fourth-order valence-corrected chi connectivity index (χ4v) is 5.00. The van der Waals surface area contributed by atoms with Crippen molar-refractivity contribution in [3.63, 3.8) is 0 Å². The Morgan fingerprint density at radius 3 is 2.50 bits per heavy atom. The number of fused-ring (bicyclic) bond motifs is 1. The van der Waals surface area contributed by atoms with Crippen LogP contribution in [0.2, 0.25) is 5.02 Å². The molecule has 0 unspecified atom stereocenters. The molecule has 1 saturated heterocycles. The Bertz CT molecular complexity index is 1290. The van der Waals surface area contributed by atoms with Crippen LogP contribution in [0.25, 0.3) is 11.1 Å². The predicted molar refractivity (Wildman–Crippen MR) is 137 cm³/mol. The highest BCUT2D eigenvalue weighted by molar-refractivity contribution is 6.33. The van der Waals surface area contributed by atoms with Gasteiger partial charge in [0.2, 0.25) is 0 Å². The molecule has 0 N–H and O–H groups in total. The summed E-state index contributed by atoms with van der Waals surface area (Å²) in [5.41, 5.74) is 4.70. The summed E-state index contributed by atoms with van der Waals surface area (Å²) in [6.07, 6.45) is 0.258. The Kier molecular flexibility index (Phi) is 7.08. The van der Waals surface area contributed by atoms with Crippen molar-refractivity contribution in [3.05, 3.63) is 93.8 Å². The Balaban J connectivity index is 1.41. The number of halogens is 3. The number of alkyl halides is 1. The molecule has 7 heteroatoms. The molecule has 0 aliphatic carbocycles. The number of rotatable bonds is 8. The monoisotopic (exact) mass is 509 g/mol. The van der Waals surface area contributed by atoms with Crippen molar-refractivity contribution in [3.8, 4) is 11.5 Å². The number of nitrogens with zero attached hydrogens (tertiary/aromatic N) is 1. The first-order valence-corrected chi connectivity index (χ1v) is 12.3. The van der Waals surface area contributed by atoms with Gasteiger partial charge in [-0.3, -0.25) is 14.1 Å². The standard InChI is InChI=1S/C29H26ClF2NO3/c1-18-25-12-22(17-34)26(30)13-27(25)36-29(28(18)20-2-6-23(32)7-3-20)21-4-8-24(9-5-21)35-11-10-33-15-19(14-31)16-33/h2-9,12-13,17,19,29H,10-11,14-16H2,1H3/t29-/m0/s1. The topological polar surface area (TPSA) is 38.8 Å². The minimum absolute atomic E-state index is 0.164. The summed E-state index contributed by atoms with van der Waals surface area (Å²) in [5.74, 6) is 1.16. The van der Waals surface area contributed by atoms with Crippen molar-refractivity contribution >= 4 is 29.0 Å². The lowest BCUT2D eigenvalue weighted by molar-refractivity contribution is 0.0668. The molecule has 36 heavy (non-hydrogen) atoms. The van der Waals surface area contributed by atoms with Gasteiger partial charge in [0.15, 0.2) is 6.29 Å². The van der Waals surface area contributed by atoms with Gasteiger partial charge in [0, 0.05) is 48.3 Å². The molecule has 0 aromatic heterocycles. The van der Waals surface area contributed by atoms with Crippen LogP contribution >= 0.6 is 11.6 Å². The van der Waals surface area contributed by atoms with Crippen molar-refractivity contribution in [1.29, 1.82) is 0 Å². The van der Waals surface area contributed by atoms with Gasteiger partial charge in [-0.05, 0) is 54.0 Å². The molecule has 3 aromatic carbocycles. The van der Waals surface area contributed by atoms with E-state index >= 15 is 0 Å². The number of carbonyl (C=O) groups excluding carboxylic acids is 1. The van der Waals surface area contributed by atoms with Crippen molar-refractivity contribution in [1.82, 2.24) is 4.90 Å². The summed E-state index contributed by atoms with van der Waals surface area (Å²) >= 11 is 6.29. The molecule has 0 amide bonds. The predicted octanol–water partition coefficient (Wildman–Crippen LogP) is 6.64. The van der Waals surface area contributed by atoms with Gasteiger partial charge in [-0.1, -0.05) is 35.9 Å². The van der Waals surface area contributed by atoms with Crippen LogP contribution in [0.15, 0.2) is 60.7 Å². The smallest absolute Gasteiger partial charge is 0.151 e. The molecule has 0 saturated carbocycles. The maximum absolute atomic E-state index is 13.7. The summed E-state index contributed by atoms with van der Waals surface area (Å²) in [6, 6.07) is 17.4. The van der Waals surface area contributed by atoms with Crippen molar-refractivity contribution in [2.24, 2.45) is 5.92 Å². The van der Waals surface area contributed by atoms with E-state index < -0.39 is 6.10 Å². The number of carbonyl (C=O) groups is 1. The summed E-state index contributed by atoms with van der Waals surface area (Å²) in [4.78, 5) is 13.7. The number of allylic oxidation sites excluding steroid dienone is 1. The molecule has 2 heterocycles. The van der Waals surface area contributed by atoms with Crippen LogP contribution in [0.1, 0.15) is 40.1 Å². The van der Waals surface area contributed by atoms with E-state index in [4.69, 9.17) is 21.1 Å². The Labute approximate surface area is 214 Å². The van der Waals surface area contributed by atoms with Gasteiger partial charge in [-0.15, -0.1) is 0 Å². The quantitative estimate of drug-likeness (QED) is 0.319. The first-order valence-electron chi connectivity index (χ1n) is 11.9. The van der Waals surface area contributed by atoms with E-state index in [2.05, 4.69) is 4.90 Å². The Morgan fingerprint density at radius 2 is 1.83 bits per heavy atom. The highest BCUT2D eigenvalue weighted by atomic mass is 35.5. The number of hydrogen-bond donors (Lipinski definition) is 0. The van der Waals surface area contributed by atoms with Crippen LogP contribution in [0.5, 0.6) is 11.5 Å². The molecule has 2 aliphatic rings. The summed E-state index contributed by atoms with van der Waals surface area (Å²) < 4.78 is 38.6. The lowest BCUT2D eigenvalue weighted by Crippen LogP contribution is -2.49. The van der Waals surface area contributed by atoms with E-state index in [0.717, 1.165) is 59.5 Å². The number of aldehydes is 1. The maximum atomic E-state index is 13.7. The molecule has 186 valence electrons. The third-order valence-electron chi connectivity index (χ3n) is 6.81. The van der Waals surface area contributed by atoms with Gasteiger partial charge in [-0.25, -0.2) is 4.39 Å². The molecule has 2 aliphatic heterocycles. The van der Waals surface area contributed by atoms with Gasteiger partial charge < -0.3 is 9.47 Å². The number of benzene rings is 3. The van der Waals surface area contributed by atoms with Crippen molar-refractivity contribution in [2.45, 2.75) is 13.0 Å². The third-order valence-corrected chi connectivity index (χ3v) is 7.13. The molecule has 4 nitrogen and oxygen atoms in total. The average Bonchev–Trinajstić information content (AvgIpc) is 2.86. The Hall–Kier alpha value is -3.22. The molecule has 0 spiro atoms. The zero-order valence-electron chi connectivity index (χ0n) is 19.8. The highest BCUT2D eigenvalue weighted by Crippen LogP contribution is 2.47. The van der Waals surface area contributed by atoms with E-state index in [1.807, 2.05) is 31.2 Å². The van der Waals surface area contributed by atoms with Crippen LogP contribution < -0.4 is 9.47 Å². The molecule has 1 fully saturated rings. The number of hydrogen-bond acceptors (Lipinski definition) is 4. The lowest BCUT2D eigenvalue weighted by Gasteiger charge is -2.37. The van der Waals surface area contributed by atoms with E-state index in [0.29, 0.717) is 22.9 Å². The van der Waals surface area contributed by atoms with Gasteiger partial charge in [0.25, 0.3) is 0 Å². The SMILES string of the molecule is CC1=C(c2ccc(F)cc2)[C@H](c2ccc(OCCN3CC(CF)C3)cc2)Oc2cc(Cl)c(C=O)cc21. The Morgan fingerprint density at radius 1 is 1.11 bits per heavy atom. The molecule has 5 rings (SSSR count). The van der Waals surface area contributed by atoms with Crippen LogP contribution in [0.3, 0.4) is 0 Å². The fourth-order valence-electron chi connectivity index (χ4n) is 4.80. The van der Waals surface area contributed by atoms with Crippen LogP contribution in [0.4, 0.5) is 8.78 Å². The molecule has 0 radical (unpaired) electrons. The molecule has 1 atom stereocenters. The normalized spacial score (nSPS) is 17.8. The van der Waals surface area contributed by atoms with Gasteiger partial charge >= 0.3 is 0 Å². The molecular weight excluding hydrogens is 484 g/mol. The average molecular weight is 510 g/mol. The van der Waals surface area contributed by atoms with E-state index in [1.54, 1.807) is 24.3 Å². The zero-order valence-corrected chi connectivity index (χ0v) is 20.6. The van der Waals surface area contributed by atoms with E-state index in [1.165, 1.54) is 12.1 Å². The molecular formula is C29H26ClF2NO3. The molecule has 3 aromatic rings. The largest absolute Gasteiger partial charge is 0.492 e. The first kappa shape index (κ1) is 24.5. The molecule has 0 bridgehead atoms. The van der Waals surface area contributed by atoms with Gasteiger partial charge in [0.1, 0.15) is 30.0 Å². The van der Waals surface area contributed by atoms with Gasteiger partial charge in [0.05, 0.1) is 11.7 Å². The lowest BCUT2D eigenvalue weighted by atomic mass is 9.85. The van der Waals surface area contributed by atoms with E-state index in [-0.39, 0.29) is 18.4 Å². The number of ether oxygens (including phenoxy) is 2. The van der Waals surface area contributed by atoms with Crippen LogP contribution in [0, 0.1) is 11.7 Å². The second-order valence-electron chi connectivity index (χ2n) is 9.23. The minimum atomic E-state index is -0.464. The van der Waals surface area contributed by atoms with Gasteiger partial charge in [-0.2, -0.15) is 0 Å². The first-order chi connectivity index (χ1) is 17.5. The van der Waals surface area contributed by atoms with Crippen LogP contribution in [-0.2, 0) is 0 Å². The summed E-state index contributed by atoms with van der Waals surface area (Å²) in [6.45, 7) is 4.58. The third kappa shape index (κ3) is 4.88. The second kappa shape index (κ2) is 10.4. The van der Waals surface area contributed by atoms with Crippen molar-refractivity contribution in [2.75, 3.05) is 32.9 Å². The summed E-state index contributed by atoms with van der Waals surface area (Å²) in [7, 11) is 0. The van der Waals surface area contributed by atoms with Crippen molar-refractivity contribution < 1.29 is 23.0 Å². The fraction of sp³-hybridized carbons (Fsp3) is 0.276.